The fraction of sp³-hybridized carbons (Fsp3) is 0.400. The van der Waals surface area contributed by atoms with Crippen LogP contribution in [0.15, 0.2) is 22.6 Å². The van der Waals surface area contributed by atoms with Crippen LogP contribution in [0.2, 0.25) is 0 Å². The lowest BCUT2D eigenvalue weighted by Crippen LogP contribution is -1.91. The van der Waals surface area contributed by atoms with E-state index in [1.807, 2.05) is 13.0 Å². The minimum atomic E-state index is -0.0104. The van der Waals surface area contributed by atoms with Gasteiger partial charge in [0.15, 0.2) is 11.5 Å². The van der Waals surface area contributed by atoms with Crippen molar-refractivity contribution in [2.24, 2.45) is 0 Å². The summed E-state index contributed by atoms with van der Waals surface area (Å²) in [7, 11) is 0. The van der Waals surface area contributed by atoms with Crippen LogP contribution in [0, 0.1) is 6.92 Å². The van der Waals surface area contributed by atoms with E-state index in [2.05, 4.69) is 26.0 Å². The zero-order valence-corrected chi connectivity index (χ0v) is 10.8. The maximum absolute atomic E-state index is 11.4. The molecule has 2 rings (SSSR count). The molecule has 2 heteroatoms. The van der Waals surface area contributed by atoms with Crippen molar-refractivity contribution in [2.75, 3.05) is 0 Å². The Morgan fingerprint density at radius 1 is 1.41 bits per heavy atom. The number of rotatable bonds is 3. The predicted molar refractivity (Wildman–Crippen MR) is 69.7 cm³/mol. The largest absolute Gasteiger partial charge is 0.453 e. The van der Waals surface area contributed by atoms with Crippen molar-refractivity contribution in [3.8, 4) is 0 Å². The van der Waals surface area contributed by atoms with E-state index in [1.165, 1.54) is 5.56 Å². The molecule has 0 amide bonds. The van der Waals surface area contributed by atoms with Crippen LogP contribution in [0.5, 0.6) is 0 Å². The van der Waals surface area contributed by atoms with Crippen molar-refractivity contribution in [2.45, 2.75) is 40.0 Å². The molecule has 1 unspecified atom stereocenters. The Morgan fingerprint density at radius 3 is 2.71 bits per heavy atom. The highest BCUT2D eigenvalue weighted by molar-refractivity contribution is 5.98. The van der Waals surface area contributed by atoms with Gasteiger partial charge in [-0.25, -0.2) is 0 Å². The Hall–Kier alpha value is -1.57. The molecule has 0 aliphatic heterocycles. The fourth-order valence-electron chi connectivity index (χ4n) is 2.12. The van der Waals surface area contributed by atoms with E-state index in [0.717, 1.165) is 23.0 Å². The van der Waals surface area contributed by atoms with E-state index in [-0.39, 0.29) is 5.78 Å². The third kappa shape index (κ3) is 1.99. The highest BCUT2D eigenvalue weighted by atomic mass is 16.3. The lowest BCUT2D eigenvalue weighted by Gasteiger charge is -2.08. The average molecular weight is 230 g/mol. The van der Waals surface area contributed by atoms with E-state index >= 15 is 0 Å². The maximum Gasteiger partial charge on any atom is 0.195 e. The molecule has 0 aliphatic carbocycles. The molecule has 2 nitrogen and oxygen atoms in total. The number of aryl methyl sites for hydroxylation is 1. The molecule has 1 aromatic carbocycles. The Kier molecular flexibility index (Phi) is 3.05. The number of ketones is 1. The summed E-state index contributed by atoms with van der Waals surface area (Å²) in [5.41, 5.74) is 3.07. The summed E-state index contributed by atoms with van der Waals surface area (Å²) in [5, 5.41) is 1.06. The second-order valence-corrected chi connectivity index (χ2v) is 4.68. The maximum atomic E-state index is 11.4. The summed E-state index contributed by atoms with van der Waals surface area (Å²) >= 11 is 0. The number of hydrogen-bond acceptors (Lipinski definition) is 2. The topological polar surface area (TPSA) is 30.2 Å². The summed E-state index contributed by atoms with van der Waals surface area (Å²) in [5.74, 6) is 1.01. The first-order valence-electron chi connectivity index (χ1n) is 6.08. The molecule has 90 valence electrons. The van der Waals surface area contributed by atoms with Crippen molar-refractivity contribution in [3.05, 3.63) is 35.1 Å². The van der Waals surface area contributed by atoms with Crippen LogP contribution in [-0.2, 0) is 0 Å². The molecule has 1 aromatic heterocycles. The molecule has 0 saturated carbocycles. The summed E-state index contributed by atoms with van der Waals surface area (Å²) in [6.07, 6.45) is 1.11. The van der Waals surface area contributed by atoms with Gasteiger partial charge in [-0.3, -0.25) is 4.79 Å². The van der Waals surface area contributed by atoms with Gasteiger partial charge in [-0.2, -0.15) is 0 Å². The van der Waals surface area contributed by atoms with Gasteiger partial charge < -0.3 is 4.42 Å². The molecule has 17 heavy (non-hydrogen) atoms. The normalized spacial score (nSPS) is 12.9. The van der Waals surface area contributed by atoms with Crippen LogP contribution >= 0.6 is 0 Å². The molecule has 0 fully saturated rings. The monoisotopic (exact) mass is 230 g/mol. The van der Waals surface area contributed by atoms with Crippen molar-refractivity contribution in [3.63, 3.8) is 0 Å². The van der Waals surface area contributed by atoms with Crippen LogP contribution in [0.3, 0.4) is 0 Å². The van der Waals surface area contributed by atoms with Gasteiger partial charge in [0.25, 0.3) is 0 Å². The molecule has 0 N–H and O–H groups in total. The van der Waals surface area contributed by atoms with Crippen molar-refractivity contribution >= 4 is 16.8 Å². The predicted octanol–water partition coefficient (Wildman–Crippen LogP) is 4.46. The quantitative estimate of drug-likeness (QED) is 0.729. The lowest BCUT2D eigenvalue weighted by molar-refractivity contribution is 0.0988. The van der Waals surface area contributed by atoms with Gasteiger partial charge in [0.1, 0.15) is 5.58 Å². The molecule has 0 spiro atoms. The van der Waals surface area contributed by atoms with Gasteiger partial charge in [0.05, 0.1) is 0 Å². The van der Waals surface area contributed by atoms with E-state index < -0.39 is 0 Å². The molecule has 1 atom stereocenters. The number of carbonyl (C=O) groups is 1. The molecule has 0 bridgehead atoms. The number of fused-ring (bicyclic) bond motifs is 1. The smallest absolute Gasteiger partial charge is 0.195 e. The van der Waals surface area contributed by atoms with Gasteiger partial charge in [-0.15, -0.1) is 0 Å². The van der Waals surface area contributed by atoms with Gasteiger partial charge in [-0.05, 0) is 37.0 Å². The SMILES string of the molecule is CCC(C)c1ccc2oc(C(C)=O)c(C)c2c1. The average Bonchev–Trinajstić information content (AvgIpc) is 2.65. The molecule has 0 radical (unpaired) electrons. The number of carbonyl (C=O) groups excluding carboxylic acids is 1. The van der Waals surface area contributed by atoms with E-state index in [4.69, 9.17) is 4.42 Å². The van der Waals surface area contributed by atoms with E-state index in [0.29, 0.717) is 11.7 Å². The molecule has 0 saturated heterocycles. The third-order valence-corrected chi connectivity index (χ3v) is 3.46. The molecule has 1 heterocycles. The fourth-order valence-corrected chi connectivity index (χ4v) is 2.12. The first kappa shape index (κ1) is 11.9. The summed E-state index contributed by atoms with van der Waals surface area (Å²) < 4.78 is 5.58. The summed E-state index contributed by atoms with van der Waals surface area (Å²) in [6, 6.07) is 6.20. The minimum absolute atomic E-state index is 0.0104. The molecular weight excluding hydrogens is 212 g/mol. The Morgan fingerprint density at radius 2 is 2.12 bits per heavy atom. The number of furan rings is 1. The Labute approximate surface area is 102 Å². The summed E-state index contributed by atoms with van der Waals surface area (Å²) in [4.78, 5) is 11.4. The zero-order valence-electron chi connectivity index (χ0n) is 10.8. The third-order valence-electron chi connectivity index (χ3n) is 3.46. The Bertz CT molecular complexity index is 564. The molecular formula is C15H18O2. The molecule has 0 aliphatic rings. The van der Waals surface area contributed by atoms with Crippen molar-refractivity contribution in [1.29, 1.82) is 0 Å². The van der Waals surface area contributed by atoms with Crippen LogP contribution in [-0.4, -0.2) is 5.78 Å². The van der Waals surface area contributed by atoms with Crippen LogP contribution in [0.4, 0.5) is 0 Å². The first-order chi connectivity index (χ1) is 8.04. The van der Waals surface area contributed by atoms with Crippen LogP contribution < -0.4 is 0 Å². The minimum Gasteiger partial charge on any atom is -0.453 e. The van der Waals surface area contributed by atoms with Crippen molar-refractivity contribution < 1.29 is 9.21 Å². The Balaban J connectivity index is 2.61. The zero-order chi connectivity index (χ0) is 12.6. The van der Waals surface area contributed by atoms with E-state index in [9.17, 15) is 4.79 Å². The van der Waals surface area contributed by atoms with E-state index in [1.54, 1.807) is 6.92 Å². The van der Waals surface area contributed by atoms with Crippen LogP contribution in [0.1, 0.15) is 54.8 Å². The second kappa shape index (κ2) is 4.36. The summed E-state index contributed by atoms with van der Waals surface area (Å²) in [6.45, 7) is 7.88. The standard InChI is InChI=1S/C15H18O2/c1-5-9(2)12-6-7-14-13(8-12)10(3)15(17-14)11(4)16/h6-9H,5H2,1-4H3. The number of Topliss-reactive ketones (excluding diaryl/α,β-unsaturated/α-hetero) is 1. The number of benzene rings is 1. The second-order valence-electron chi connectivity index (χ2n) is 4.68. The lowest BCUT2D eigenvalue weighted by atomic mass is 9.96. The first-order valence-corrected chi connectivity index (χ1v) is 6.08. The highest BCUT2D eigenvalue weighted by Crippen LogP contribution is 2.29. The van der Waals surface area contributed by atoms with Gasteiger partial charge in [0, 0.05) is 17.9 Å². The molecule has 2 aromatic rings. The number of hydrogen-bond donors (Lipinski definition) is 0. The van der Waals surface area contributed by atoms with Gasteiger partial charge >= 0.3 is 0 Å². The van der Waals surface area contributed by atoms with Gasteiger partial charge in [-0.1, -0.05) is 19.9 Å². The van der Waals surface area contributed by atoms with Gasteiger partial charge in [0.2, 0.25) is 0 Å². The highest BCUT2D eigenvalue weighted by Gasteiger charge is 2.15. The van der Waals surface area contributed by atoms with Crippen molar-refractivity contribution in [1.82, 2.24) is 0 Å². The van der Waals surface area contributed by atoms with Crippen LogP contribution in [0.25, 0.3) is 11.0 Å².